The lowest BCUT2D eigenvalue weighted by Crippen LogP contribution is -2.26. The molecule has 0 radical (unpaired) electrons. The fraction of sp³-hybridized carbons (Fsp3) is 0.708. The second-order valence-electron chi connectivity index (χ2n) is 8.44. The van der Waals surface area contributed by atoms with Crippen LogP contribution in [-0.4, -0.2) is 61.1 Å². The van der Waals surface area contributed by atoms with E-state index in [4.69, 9.17) is 4.74 Å². The topological polar surface area (TPSA) is 53.0 Å². The number of rotatable bonds is 11. The van der Waals surface area contributed by atoms with Gasteiger partial charge in [0, 0.05) is 45.0 Å². The van der Waals surface area contributed by atoms with Crippen LogP contribution in [0.3, 0.4) is 0 Å². The molecular weight excluding hydrogens is 364 g/mol. The Kier molecular flexibility index (Phi) is 11.1. The van der Waals surface area contributed by atoms with Crippen LogP contribution in [0.4, 0.5) is 0 Å². The van der Waals surface area contributed by atoms with Crippen LogP contribution in [0.2, 0.25) is 0 Å². The number of aliphatic hydroxyl groups excluding tert-OH is 1. The fourth-order valence-corrected chi connectivity index (χ4v) is 3.92. The molecule has 0 saturated heterocycles. The lowest BCUT2D eigenvalue weighted by molar-refractivity contribution is -0.123. The molecule has 1 aliphatic carbocycles. The number of carbonyl (C=O) groups is 1. The number of hydrogen-bond donors (Lipinski definition) is 1. The Bertz CT molecular complexity index is 620. The molecule has 0 aromatic heterocycles. The molecular formula is C24H42N2O3. The van der Waals surface area contributed by atoms with Crippen molar-refractivity contribution in [3.8, 4) is 0 Å². The van der Waals surface area contributed by atoms with Crippen molar-refractivity contribution in [3.05, 3.63) is 34.9 Å². The highest BCUT2D eigenvalue weighted by Gasteiger charge is 2.26. The van der Waals surface area contributed by atoms with Gasteiger partial charge in [-0.15, -0.1) is 0 Å². The van der Waals surface area contributed by atoms with E-state index in [9.17, 15) is 9.90 Å². The molecule has 5 nitrogen and oxygen atoms in total. The zero-order valence-corrected chi connectivity index (χ0v) is 19.6. The summed E-state index contributed by atoms with van der Waals surface area (Å²) in [6.07, 6.45) is 10.3. The van der Waals surface area contributed by atoms with E-state index in [0.29, 0.717) is 0 Å². The Morgan fingerprint density at radius 1 is 1.14 bits per heavy atom. The van der Waals surface area contributed by atoms with Crippen molar-refractivity contribution in [3.63, 3.8) is 0 Å². The minimum Gasteiger partial charge on any atom is -0.495 e. The van der Waals surface area contributed by atoms with Crippen molar-refractivity contribution < 1.29 is 14.6 Å². The molecule has 0 bridgehead atoms. The van der Waals surface area contributed by atoms with Crippen LogP contribution in [-0.2, 0) is 9.53 Å². The summed E-state index contributed by atoms with van der Waals surface area (Å²) in [7, 11) is 6.01. The van der Waals surface area contributed by atoms with Gasteiger partial charge in [-0.1, -0.05) is 13.3 Å². The highest BCUT2D eigenvalue weighted by atomic mass is 16.5. The smallest absolute Gasteiger partial charge is 0.133 e. The van der Waals surface area contributed by atoms with E-state index in [2.05, 4.69) is 31.9 Å². The van der Waals surface area contributed by atoms with Crippen LogP contribution in [0.5, 0.6) is 0 Å². The molecule has 0 heterocycles. The van der Waals surface area contributed by atoms with E-state index < -0.39 is 0 Å². The van der Waals surface area contributed by atoms with Gasteiger partial charge in [0.2, 0.25) is 0 Å². The molecule has 1 saturated carbocycles. The highest BCUT2D eigenvalue weighted by molar-refractivity contribution is 5.78. The molecule has 1 aliphatic rings. The molecule has 0 amide bonds. The summed E-state index contributed by atoms with van der Waals surface area (Å²) in [5, 5.41) is 9.82. The zero-order chi connectivity index (χ0) is 22.0. The van der Waals surface area contributed by atoms with Gasteiger partial charge in [0.15, 0.2) is 0 Å². The molecule has 0 aromatic carbocycles. The summed E-state index contributed by atoms with van der Waals surface area (Å²) >= 11 is 0. The molecule has 0 aromatic rings. The Hall–Kier alpha value is -1.75. The molecule has 5 heteroatoms. The van der Waals surface area contributed by atoms with Crippen molar-refractivity contribution in [2.75, 3.05) is 34.3 Å². The van der Waals surface area contributed by atoms with E-state index >= 15 is 0 Å². The van der Waals surface area contributed by atoms with Crippen LogP contribution in [0.25, 0.3) is 0 Å². The maximum Gasteiger partial charge on any atom is 0.133 e. The third-order valence-corrected chi connectivity index (χ3v) is 5.79. The number of nitrogens with zero attached hydrogens (tertiary/aromatic N) is 2. The Morgan fingerprint density at radius 2 is 1.83 bits per heavy atom. The average molecular weight is 407 g/mol. The number of unbranched alkanes of at least 4 members (excludes halogenated alkanes) is 1. The summed E-state index contributed by atoms with van der Waals surface area (Å²) in [5.41, 5.74) is 3.06. The van der Waals surface area contributed by atoms with Gasteiger partial charge in [-0.25, -0.2) is 0 Å². The number of hydrogen-bond acceptors (Lipinski definition) is 5. The van der Waals surface area contributed by atoms with Crippen LogP contribution in [0.15, 0.2) is 34.9 Å². The molecule has 0 aliphatic heterocycles. The van der Waals surface area contributed by atoms with Crippen molar-refractivity contribution in [1.82, 2.24) is 9.80 Å². The first-order valence-electron chi connectivity index (χ1n) is 11.0. The summed E-state index contributed by atoms with van der Waals surface area (Å²) in [6.45, 7) is 8.89. The number of likely N-dealkylation sites (N-methyl/N-ethyl adjacent to an activating group) is 2. The molecule has 2 atom stereocenters. The third-order valence-electron chi connectivity index (χ3n) is 5.79. The van der Waals surface area contributed by atoms with Crippen LogP contribution in [0.1, 0.15) is 66.2 Å². The van der Waals surface area contributed by atoms with Gasteiger partial charge in [-0.2, -0.15) is 0 Å². The highest BCUT2D eigenvalue weighted by Crippen LogP contribution is 2.28. The number of ether oxygens (including phenoxy) is 1. The molecule has 1 unspecified atom stereocenters. The standard InChI is InChI=1S/C24H42N2O3/c1-8-9-15-26(7)23(19(3)24(17-27)25(5)6)14-13-18(2)29-22-12-10-11-21(16-22)20(4)28/h13-14,21-22,27H,8-12,15-17H2,1-7H3/b18-13+,23-14-,24-19+/t21-,22?/m0/s1. The van der Waals surface area contributed by atoms with Crippen LogP contribution in [0, 0.1) is 5.92 Å². The van der Waals surface area contributed by atoms with Crippen molar-refractivity contribution in [2.45, 2.75) is 72.3 Å². The van der Waals surface area contributed by atoms with Gasteiger partial charge in [0.25, 0.3) is 0 Å². The number of Topliss-reactive ketones (excluding diaryl/α,β-unsaturated/α-hetero) is 1. The predicted octanol–water partition coefficient (Wildman–Crippen LogP) is 4.50. The first-order valence-corrected chi connectivity index (χ1v) is 11.0. The minimum atomic E-state index is 0.00545. The van der Waals surface area contributed by atoms with Crippen LogP contribution >= 0.6 is 0 Å². The Morgan fingerprint density at radius 3 is 2.38 bits per heavy atom. The number of aliphatic hydroxyl groups is 1. The monoisotopic (exact) mass is 406 g/mol. The lowest BCUT2D eigenvalue weighted by atomic mass is 9.85. The number of ketones is 1. The largest absolute Gasteiger partial charge is 0.495 e. The zero-order valence-electron chi connectivity index (χ0n) is 19.6. The molecule has 1 fully saturated rings. The normalized spacial score (nSPS) is 21.5. The van der Waals surface area contributed by atoms with E-state index in [0.717, 1.165) is 67.8 Å². The second kappa shape index (κ2) is 12.7. The lowest BCUT2D eigenvalue weighted by Gasteiger charge is -2.29. The summed E-state index contributed by atoms with van der Waals surface area (Å²) < 4.78 is 6.17. The first-order chi connectivity index (χ1) is 13.7. The van der Waals surface area contributed by atoms with E-state index in [1.165, 1.54) is 0 Å². The van der Waals surface area contributed by atoms with Gasteiger partial charge in [-0.3, -0.25) is 4.79 Å². The summed E-state index contributed by atoms with van der Waals surface area (Å²) in [4.78, 5) is 15.9. The molecule has 166 valence electrons. The first kappa shape index (κ1) is 25.3. The average Bonchev–Trinajstić information content (AvgIpc) is 2.66. The van der Waals surface area contributed by atoms with Crippen molar-refractivity contribution in [2.24, 2.45) is 5.92 Å². The maximum absolute atomic E-state index is 11.7. The van der Waals surface area contributed by atoms with Gasteiger partial charge in [-0.05, 0) is 70.6 Å². The number of allylic oxidation sites excluding steroid dienone is 4. The minimum absolute atomic E-state index is 0.00545. The second-order valence-corrected chi connectivity index (χ2v) is 8.44. The van der Waals surface area contributed by atoms with Gasteiger partial charge < -0.3 is 19.6 Å². The molecule has 29 heavy (non-hydrogen) atoms. The van der Waals surface area contributed by atoms with Crippen LogP contribution < -0.4 is 0 Å². The van der Waals surface area contributed by atoms with Crippen molar-refractivity contribution >= 4 is 5.78 Å². The van der Waals surface area contributed by atoms with E-state index in [1.807, 2.05) is 32.0 Å². The maximum atomic E-state index is 11.7. The Balaban J connectivity index is 3.03. The molecule has 0 spiro atoms. The Labute approximate surface area is 178 Å². The van der Waals surface area contributed by atoms with Crippen molar-refractivity contribution in [1.29, 1.82) is 0 Å². The summed E-state index contributed by atoms with van der Waals surface area (Å²) in [6, 6.07) is 0. The van der Waals surface area contributed by atoms with Gasteiger partial charge in [0.1, 0.15) is 5.78 Å². The molecule has 1 rings (SSSR count). The van der Waals surface area contributed by atoms with Gasteiger partial charge in [0.05, 0.1) is 18.5 Å². The quantitative estimate of drug-likeness (QED) is 0.404. The van der Waals surface area contributed by atoms with E-state index in [-0.39, 0.29) is 24.4 Å². The predicted molar refractivity (Wildman–Crippen MR) is 120 cm³/mol. The SMILES string of the molecule is CCCCN(C)C(=C\C=C(/C)OC1CCC[C@H](C(C)=O)C1)/C(C)=C(\CO)N(C)C. The fourth-order valence-electron chi connectivity index (χ4n) is 3.92. The number of carbonyl (C=O) groups excluding carboxylic acids is 1. The van der Waals surface area contributed by atoms with Gasteiger partial charge >= 0.3 is 0 Å². The summed E-state index contributed by atoms with van der Waals surface area (Å²) in [5.74, 6) is 1.29. The van der Waals surface area contributed by atoms with E-state index in [1.54, 1.807) is 6.92 Å². The third kappa shape index (κ3) is 8.25. The molecule has 1 N–H and O–H groups in total.